The van der Waals surface area contributed by atoms with Crippen LogP contribution < -0.4 is 10.6 Å². The lowest BCUT2D eigenvalue weighted by atomic mass is 9.72. The third-order valence-electron chi connectivity index (χ3n) is 8.08. The minimum atomic E-state index is -1.34. The number of halogens is 1. The molecule has 3 aromatic carbocycles. The van der Waals surface area contributed by atoms with Crippen LogP contribution in [0.25, 0.3) is 11.1 Å². The van der Waals surface area contributed by atoms with Gasteiger partial charge in [-0.25, -0.2) is 4.79 Å². The van der Waals surface area contributed by atoms with Crippen molar-refractivity contribution in [2.45, 2.75) is 51.2 Å². The first kappa shape index (κ1) is 30.6. The fourth-order valence-electron chi connectivity index (χ4n) is 5.94. The summed E-state index contributed by atoms with van der Waals surface area (Å²) < 4.78 is 0. The molecule has 1 saturated heterocycles. The fourth-order valence-corrected chi connectivity index (χ4v) is 6.22. The van der Waals surface area contributed by atoms with Crippen molar-refractivity contribution in [3.63, 3.8) is 0 Å². The van der Waals surface area contributed by atoms with E-state index in [1.54, 1.807) is 0 Å². The van der Waals surface area contributed by atoms with Gasteiger partial charge in [-0.2, -0.15) is 0 Å². The second-order valence-electron chi connectivity index (χ2n) is 10.8. The molecule has 1 heterocycles. The summed E-state index contributed by atoms with van der Waals surface area (Å²) in [7, 11) is 1.89. The Morgan fingerprint density at radius 3 is 2.54 bits per heavy atom. The zero-order chi connectivity index (χ0) is 29.4. The first-order valence-electron chi connectivity index (χ1n) is 14.4. The van der Waals surface area contributed by atoms with Crippen molar-refractivity contribution >= 4 is 23.6 Å². The number of nitrogens with zero attached hydrogens (tertiary/aromatic N) is 1. The van der Waals surface area contributed by atoms with Gasteiger partial charge in [-0.15, -0.1) is 0 Å². The average molecular weight is 578 g/mol. The lowest BCUT2D eigenvalue weighted by Gasteiger charge is -2.44. The topological polar surface area (TPSA) is 102 Å². The molecule has 0 bridgehead atoms. The largest absolute Gasteiger partial charge is 0.465 e. The third-order valence-corrected chi connectivity index (χ3v) is 8.40. The summed E-state index contributed by atoms with van der Waals surface area (Å²) in [5.74, 6) is -0.317. The van der Waals surface area contributed by atoms with Crippen LogP contribution in [0.15, 0.2) is 66.7 Å². The highest BCUT2D eigenvalue weighted by Gasteiger charge is 2.43. The van der Waals surface area contributed by atoms with Crippen LogP contribution in [0.4, 0.5) is 4.79 Å². The quantitative estimate of drug-likeness (QED) is 0.207. The smallest absolute Gasteiger partial charge is 0.404 e. The van der Waals surface area contributed by atoms with Gasteiger partial charge < -0.3 is 25.7 Å². The Labute approximate surface area is 247 Å². The van der Waals surface area contributed by atoms with E-state index < -0.39 is 11.7 Å². The van der Waals surface area contributed by atoms with Gasteiger partial charge in [0, 0.05) is 48.2 Å². The number of nitrogens with one attached hydrogen (secondary N) is 2. The highest BCUT2D eigenvalue weighted by Crippen LogP contribution is 2.45. The van der Waals surface area contributed by atoms with Gasteiger partial charge in [0.2, 0.25) is 0 Å². The van der Waals surface area contributed by atoms with Gasteiger partial charge in [-0.05, 0) is 79.6 Å². The Balaban J connectivity index is 1.69. The van der Waals surface area contributed by atoms with E-state index in [1.165, 1.54) is 0 Å². The predicted octanol–water partition coefficient (Wildman–Crippen LogP) is 6.08. The molecule has 7 nitrogen and oxygen atoms in total. The number of carbonyl (C=O) groups excluding carboxylic acids is 1. The van der Waals surface area contributed by atoms with Crippen LogP contribution in [0, 0.1) is 5.92 Å². The van der Waals surface area contributed by atoms with Gasteiger partial charge in [-0.3, -0.25) is 4.79 Å². The molecule has 2 amide bonds. The minimum Gasteiger partial charge on any atom is -0.465 e. The lowest BCUT2D eigenvalue weighted by Crippen LogP contribution is -2.48. The Hall–Kier alpha value is -3.39. The highest BCUT2D eigenvalue weighted by atomic mass is 35.5. The summed E-state index contributed by atoms with van der Waals surface area (Å²) in [5.41, 5.74) is 3.98. The number of amides is 2. The molecule has 3 aromatic rings. The summed E-state index contributed by atoms with van der Waals surface area (Å²) in [6, 6.07) is 21.4. The summed E-state index contributed by atoms with van der Waals surface area (Å²) in [6.07, 6.45) is 2.01. The molecular weight excluding hydrogens is 538 g/mol. The molecule has 0 radical (unpaired) electrons. The molecule has 2 unspecified atom stereocenters. The molecule has 4 N–H and O–H groups in total. The summed E-state index contributed by atoms with van der Waals surface area (Å²) in [4.78, 5) is 26.5. The molecule has 1 aliphatic heterocycles. The molecule has 0 spiro atoms. The third kappa shape index (κ3) is 7.28. The van der Waals surface area contributed by atoms with Crippen LogP contribution in [0.1, 0.15) is 59.7 Å². The van der Waals surface area contributed by atoms with Crippen molar-refractivity contribution < 1.29 is 19.8 Å². The average Bonchev–Trinajstić information content (AvgIpc) is 2.99. The van der Waals surface area contributed by atoms with E-state index in [-0.39, 0.29) is 18.4 Å². The number of rotatable bonds is 11. The van der Waals surface area contributed by atoms with E-state index in [9.17, 15) is 14.7 Å². The molecule has 218 valence electrons. The molecule has 0 aliphatic carbocycles. The van der Waals surface area contributed by atoms with E-state index in [0.717, 1.165) is 48.1 Å². The summed E-state index contributed by atoms with van der Waals surface area (Å²) in [6.45, 7) is 4.05. The number of carboxylic acid groups (broad SMARTS) is 1. The Morgan fingerprint density at radius 1 is 1.07 bits per heavy atom. The zero-order valence-corrected chi connectivity index (χ0v) is 24.6. The Kier molecular flexibility index (Phi) is 10.4. The van der Waals surface area contributed by atoms with Crippen LogP contribution in [0.3, 0.4) is 0 Å². The monoisotopic (exact) mass is 577 g/mol. The van der Waals surface area contributed by atoms with E-state index in [4.69, 9.17) is 16.7 Å². The van der Waals surface area contributed by atoms with Gasteiger partial charge >= 0.3 is 6.09 Å². The SMILES string of the molecule is CCc1cccc(-c2c(Cl)cccc2C(O)(CCCNC(=O)O)C2CCCN(C(=O)c3ccc(CNC)cc3)C2)c1. The van der Waals surface area contributed by atoms with Gasteiger partial charge in [0.25, 0.3) is 5.91 Å². The first-order valence-corrected chi connectivity index (χ1v) is 14.7. The van der Waals surface area contributed by atoms with Crippen molar-refractivity contribution in [3.8, 4) is 11.1 Å². The Bertz CT molecular complexity index is 1350. The van der Waals surface area contributed by atoms with E-state index >= 15 is 0 Å². The van der Waals surface area contributed by atoms with E-state index in [0.29, 0.717) is 42.1 Å². The number of piperidine rings is 1. The maximum absolute atomic E-state index is 13.6. The van der Waals surface area contributed by atoms with Crippen LogP contribution >= 0.6 is 11.6 Å². The number of benzene rings is 3. The van der Waals surface area contributed by atoms with Crippen molar-refractivity contribution in [1.82, 2.24) is 15.5 Å². The number of hydrogen-bond donors (Lipinski definition) is 4. The second kappa shape index (κ2) is 14.0. The molecule has 4 rings (SSSR count). The van der Waals surface area contributed by atoms with Crippen molar-refractivity contribution in [3.05, 3.63) is 94.0 Å². The number of likely N-dealkylation sites (tertiary alicyclic amines) is 1. The number of hydrogen-bond acceptors (Lipinski definition) is 4. The molecule has 0 aromatic heterocycles. The van der Waals surface area contributed by atoms with Crippen molar-refractivity contribution in [2.24, 2.45) is 5.92 Å². The van der Waals surface area contributed by atoms with Crippen LogP contribution in [-0.4, -0.2) is 53.8 Å². The predicted molar refractivity (Wildman–Crippen MR) is 163 cm³/mol. The molecule has 1 fully saturated rings. The van der Waals surface area contributed by atoms with Crippen LogP contribution in [0.2, 0.25) is 5.02 Å². The standard InChI is InChI=1S/C33H40ClN3O4/c1-3-23-8-4-9-26(20-23)30-28(11-5-12-29(30)34)33(41,17-7-18-36-32(39)40)27-10-6-19-37(22-27)31(38)25-15-13-24(14-16-25)21-35-2/h4-5,8-9,11-16,20,27,35-36,41H,3,6-7,10,17-19,21-22H2,1-2H3,(H,39,40). The summed E-state index contributed by atoms with van der Waals surface area (Å²) in [5, 5.41) is 27.8. The lowest BCUT2D eigenvalue weighted by molar-refractivity contribution is -0.0563. The molecule has 0 saturated carbocycles. The van der Waals surface area contributed by atoms with Gasteiger partial charge in [0.1, 0.15) is 0 Å². The Morgan fingerprint density at radius 2 is 1.83 bits per heavy atom. The highest BCUT2D eigenvalue weighted by molar-refractivity contribution is 6.33. The van der Waals surface area contributed by atoms with E-state index in [2.05, 4.69) is 29.7 Å². The normalized spacial score (nSPS) is 16.7. The first-order chi connectivity index (χ1) is 19.8. The molecule has 1 aliphatic rings. The number of aryl methyl sites for hydroxylation is 1. The fraction of sp³-hybridized carbons (Fsp3) is 0.394. The molecule has 8 heteroatoms. The van der Waals surface area contributed by atoms with Crippen molar-refractivity contribution in [1.29, 1.82) is 0 Å². The maximum Gasteiger partial charge on any atom is 0.404 e. The van der Waals surface area contributed by atoms with E-state index in [1.807, 2.05) is 66.5 Å². The zero-order valence-electron chi connectivity index (χ0n) is 23.8. The number of aliphatic hydroxyl groups is 1. The second-order valence-corrected chi connectivity index (χ2v) is 11.2. The maximum atomic E-state index is 13.6. The van der Waals surface area contributed by atoms with Gasteiger partial charge in [0.15, 0.2) is 0 Å². The minimum absolute atomic E-state index is 0.0532. The van der Waals surface area contributed by atoms with Gasteiger partial charge in [0.05, 0.1) is 5.60 Å². The van der Waals surface area contributed by atoms with Crippen LogP contribution in [0.5, 0.6) is 0 Å². The molecular formula is C33H40ClN3O4. The van der Waals surface area contributed by atoms with Gasteiger partial charge in [-0.1, -0.05) is 67.1 Å². The molecule has 41 heavy (non-hydrogen) atoms. The number of carbonyl (C=O) groups is 2. The van der Waals surface area contributed by atoms with Crippen LogP contribution in [-0.2, 0) is 18.6 Å². The summed E-state index contributed by atoms with van der Waals surface area (Å²) >= 11 is 6.83. The van der Waals surface area contributed by atoms with Crippen molar-refractivity contribution in [2.75, 3.05) is 26.7 Å². The molecule has 2 atom stereocenters.